The van der Waals surface area contributed by atoms with Crippen molar-refractivity contribution in [3.8, 4) is 5.75 Å². The molecule has 1 aromatic carbocycles. The third kappa shape index (κ3) is 6.34. The molecule has 7 heteroatoms. The van der Waals surface area contributed by atoms with Gasteiger partial charge in [0.05, 0.1) is 5.56 Å². The second-order valence-electron chi connectivity index (χ2n) is 4.69. The molecule has 0 radical (unpaired) electrons. The number of nitrogens with one attached hydrogen (secondary N) is 1. The first-order valence-corrected chi connectivity index (χ1v) is 7.16. The summed E-state index contributed by atoms with van der Waals surface area (Å²) in [5, 5.41) is 2.67. The third-order valence-electron chi connectivity index (χ3n) is 3.18. The van der Waals surface area contributed by atoms with Crippen molar-refractivity contribution in [1.82, 2.24) is 10.2 Å². The van der Waals surface area contributed by atoms with Crippen LogP contribution < -0.4 is 10.1 Å². The predicted molar refractivity (Wildman–Crippen MR) is 77.7 cm³/mol. The van der Waals surface area contributed by atoms with Crippen molar-refractivity contribution in [1.29, 1.82) is 0 Å². The molecule has 0 fully saturated rings. The predicted octanol–water partition coefficient (Wildman–Crippen LogP) is 2.54. The van der Waals surface area contributed by atoms with E-state index in [-0.39, 0.29) is 18.3 Å². The van der Waals surface area contributed by atoms with Crippen molar-refractivity contribution in [2.45, 2.75) is 20.0 Å². The Morgan fingerprint density at radius 1 is 1.27 bits per heavy atom. The van der Waals surface area contributed by atoms with E-state index in [0.717, 1.165) is 31.8 Å². The Kier molecular flexibility index (Phi) is 7.17. The maximum Gasteiger partial charge on any atom is 0.416 e. The third-order valence-corrected chi connectivity index (χ3v) is 3.18. The summed E-state index contributed by atoms with van der Waals surface area (Å²) in [6.07, 6.45) is -4.43. The number of amides is 1. The van der Waals surface area contributed by atoms with Crippen LogP contribution in [-0.4, -0.2) is 43.6 Å². The Morgan fingerprint density at radius 3 is 2.55 bits per heavy atom. The van der Waals surface area contributed by atoms with Crippen LogP contribution in [0.5, 0.6) is 5.75 Å². The number of rotatable bonds is 8. The molecular formula is C15H21F3N2O2. The van der Waals surface area contributed by atoms with Gasteiger partial charge in [-0.3, -0.25) is 4.79 Å². The van der Waals surface area contributed by atoms with Crippen LogP contribution in [0, 0.1) is 0 Å². The standard InChI is InChI=1S/C15H21F3N2O2/c1-3-20(4-2)9-8-19-14(21)11-22-13-7-5-6-12(10-13)15(16,17)18/h5-7,10H,3-4,8-9,11H2,1-2H3,(H,19,21). The Labute approximate surface area is 128 Å². The largest absolute Gasteiger partial charge is 0.484 e. The summed E-state index contributed by atoms with van der Waals surface area (Å²) in [5.74, 6) is -0.335. The number of hydrogen-bond acceptors (Lipinski definition) is 3. The van der Waals surface area contributed by atoms with Gasteiger partial charge in [-0.2, -0.15) is 13.2 Å². The summed E-state index contributed by atoms with van der Waals surface area (Å²) in [6.45, 7) is 6.75. The smallest absolute Gasteiger partial charge is 0.416 e. The minimum Gasteiger partial charge on any atom is -0.484 e. The Morgan fingerprint density at radius 2 is 1.95 bits per heavy atom. The number of nitrogens with zero attached hydrogens (tertiary/aromatic N) is 1. The van der Waals surface area contributed by atoms with Crippen LogP contribution in [0.1, 0.15) is 19.4 Å². The lowest BCUT2D eigenvalue weighted by molar-refractivity contribution is -0.137. The van der Waals surface area contributed by atoms with E-state index in [4.69, 9.17) is 4.74 Å². The summed E-state index contributed by atoms with van der Waals surface area (Å²) in [5.41, 5.74) is -0.799. The highest BCUT2D eigenvalue weighted by molar-refractivity contribution is 5.77. The quantitative estimate of drug-likeness (QED) is 0.801. The Hall–Kier alpha value is -1.76. The van der Waals surface area contributed by atoms with E-state index in [9.17, 15) is 18.0 Å². The molecule has 0 bridgehead atoms. The van der Waals surface area contributed by atoms with Gasteiger partial charge in [0.25, 0.3) is 5.91 Å². The van der Waals surface area contributed by atoms with E-state index in [0.29, 0.717) is 6.54 Å². The van der Waals surface area contributed by atoms with E-state index in [2.05, 4.69) is 10.2 Å². The fourth-order valence-electron chi connectivity index (χ4n) is 1.86. The van der Waals surface area contributed by atoms with Gasteiger partial charge in [-0.1, -0.05) is 19.9 Å². The van der Waals surface area contributed by atoms with Crippen LogP contribution in [0.2, 0.25) is 0 Å². The van der Waals surface area contributed by atoms with Gasteiger partial charge in [-0.05, 0) is 31.3 Å². The zero-order valence-corrected chi connectivity index (χ0v) is 12.7. The van der Waals surface area contributed by atoms with Crippen LogP contribution in [0.3, 0.4) is 0 Å². The number of benzene rings is 1. The van der Waals surface area contributed by atoms with Gasteiger partial charge in [0.1, 0.15) is 5.75 Å². The van der Waals surface area contributed by atoms with Crippen molar-refractivity contribution < 1.29 is 22.7 Å². The molecule has 0 heterocycles. The van der Waals surface area contributed by atoms with Crippen LogP contribution >= 0.6 is 0 Å². The molecule has 0 aliphatic carbocycles. The Bertz CT molecular complexity index is 474. The first-order chi connectivity index (χ1) is 10.4. The zero-order chi connectivity index (χ0) is 16.6. The molecule has 4 nitrogen and oxygen atoms in total. The van der Waals surface area contributed by atoms with Crippen molar-refractivity contribution in [3.63, 3.8) is 0 Å². The number of halogens is 3. The van der Waals surface area contributed by atoms with Crippen LogP contribution in [-0.2, 0) is 11.0 Å². The molecule has 0 aliphatic heterocycles. The highest BCUT2D eigenvalue weighted by Crippen LogP contribution is 2.31. The number of carbonyl (C=O) groups excluding carboxylic acids is 1. The second-order valence-corrected chi connectivity index (χ2v) is 4.69. The number of ether oxygens (including phenoxy) is 1. The number of carbonyl (C=O) groups is 1. The molecule has 0 atom stereocenters. The number of likely N-dealkylation sites (N-methyl/N-ethyl adjacent to an activating group) is 1. The van der Waals surface area contributed by atoms with Crippen molar-refractivity contribution in [2.75, 3.05) is 32.8 Å². The van der Waals surface area contributed by atoms with Gasteiger partial charge in [-0.25, -0.2) is 0 Å². The van der Waals surface area contributed by atoms with E-state index in [1.807, 2.05) is 13.8 Å². The fraction of sp³-hybridized carbons (Fsp3) is 0.533. The highest BCUT2D eigenvalue weighted by Gasteiger charge is 2.30. The molecule has 0 aliphatic rings. The van der Waals surface area contributed by atoms with Gasteiger partial charge in [0, 0.05) is 13.1 Å². The van der Waals surface area contributed by atoms with E-state index in [1.165, 1.54) is 12.1 Å². The lowest BCUT2D eigenvalue weighted by Crippen LogP contribution is -2.36. The Balaban J connectivity index is 2.38. The molecule has 0 unspecified atom stereocenters. The lowest BCUT2D eigenvalue weighted by Gasteiger charge is -2.18. The van der Waals surface area contributed by atoms with Gasteiger partial charge in [-0.15, -0.1) is 0 Å². The molecule has 1 rings (SSSR count). The van der Waals surface area contributed by atoms with Crippen molar-refractivity contribution >= 4 is 5.91 Å². The SMILES string of the molecule is CCN(CC)CCNC(=O)COc1cccc(C(F)(F)F)c1. The van der Waals surface area contributed by atoms with Crippen LogP contribution in [0.4, 0.5) is 13.2 Å². The monoisotopic (exact) mass is 318 g/mol. The first-order valence-electron chi connectivity index (χ1n) is 7.16. The normalized spacial score (nSPS) is 11.5. The summed E-state index contributed by atoms with van der Waals surface area (Å²) >= 11 is 0. The van der Waals surface area contributed by atoms with E-state index < -0.39 is 11.7 Å². The molecular weight excluding hydrogens is 297 g/mol. The second kappa shape index (κ2) is 8.63. The summed E-state index contributed by atoms with van der Waals surface area (Å²) in [7, 11) is 0. The van der Waals surface area contributed by atoms with Gasteiger partial charge < -0.3 is 15.0 Å². The van der Waals surface area contributed by atoms with Crippen LogP contribution in [0.15, 0.2) is 24.3 Å². The summed E-state index contributed by atoms with van der Waals surface area (Å²) in [6, 6.07) is 4.47. The van der Waals surface area contributed by atoms with Gasteiger partial charge >= 0.3 is 6.18 Å². The maximum absolute atomic E-state index is 12.5. The fourth-order valence-corrected chi connectivity index (χ4v) is 1.86. The molecule has 1 amide bonds. The first kappa shape index (κ1) is 18.3. The van der Waals surface area contributed by atoms with Crippen molar-refractivity contribution in [3.05, 3.63) is 29.8 Å². The highest BCUT2D eigenvalue weighted by atomic mass is 19.4. The topological polar surface area (TPSA) is 41.6 Å². The van der Waals surface area contributed by atoms with Gasteiger partial charge in [0.2, 0.25) is 0 Å². The molecule has 124 valence electrons. The average Bonchev–Trinajstić information content (AvgIpc) is 2.49. The molecule has 0 saturated carbocycles. The number of hydrogen-bond donors (Lipinski definition) is 1. The zero-order valence-electron chi connectivity index (χ0n) is 12.7. The minimum atomic E-state index is -4.43. The molecule has 0 saturated heterocycles. The average molecular weight is 318 g/mol. The molecule has 22 heavy (non-hydrogen) atoms. The van der Waals surface area contributed by atoms with Gasteiger partial charge in [0.15, 0.2) is 6.61 Å². The van der Waals surface area contributed by atoms with E-state index in [1.54, 1.807) is 0 Å². The summed E-state index contributed by atoms with van der Waals surface area (Å²) < 4.78 is 42.7. The minimum absolute atomic E-state index is 0.0220. The molecule has 1 aromatic rings. The molecule has 0 aromatic heterocycles. The molecule has 1 N–H and O–H groups in total. The van der Waals surface area contributed by atoms with Crippen molar-refractivity contribution in [2.24, 2.45) is 0 Å². The van der Waals surface area contributed by atoms with E-state index >= 15 is 0 Å². The number of alkyl halides is 3. The summed E-state index contributed by atoms with van der Waals surface area (Å²) in [4.78, 5) is 13.7. The lowest BCUT2D eigenvalue weighted by atomic mass is 10.2. The van der Waals surface area contributed by atoms with Crippen LogP contribution in [0.25, 0.3) is 0 Å². The molecule has 0 spiro atoms. The maximum atomic E-state index is 12.5.